The van der Waals surface area contributed by atoms with E-state index in [0.717, 1.165) is 0 Å². The Labute approximate surface area is 106 Å². The van der Waals surface area contributed by atoms with Crippen LogP contribution in [0.4, 0.5) is 5.69 Å². The van der Waals surface area contributed by atoms with Gasteiger partial charge in [0.05, 0.1) is 17.4 Å². The number of carbonyl (C=O) groups excluding carboxylic acids is 1. The van der Waals surface area contributed by atoms with Crippen molar-refractivity contribution in [2.45, 2.75) is 0 Å². The molecule has 0 bridgehead atoms. The number of aromatic nitrogens is 1. The van der Waals surface area contributed by atoms with Crippen LogP contribution in [-0.2, 0) is 0 Å². The number of phenols is 1. The minimum atomic E-state index is -0.305. The van der Waals surface area contributed by atoms with E-state index in [-0.39, 0.29) is 11.7 Å². The third-order valence-corrected chi connectivity index (χ3v) is 2.81. The van der Waals surface area contributed by atoms with E-state index in [1.54, 1.807) is 30.6 Å². The molecule has 1 heterocycles. The molecule has 0 atom stereocenters. The molecule has 0 radical (unpaired) electrons. The number of carbonyl (C=O) groups is 1. The molecule has 4 nitrogen and oxygen atoms in total. The monoisotopic (exact) mass is 292 g/mol. The van der Waals surface area contributed by atoms with Crippen LogP contribution in [0.25, 0.3) is 0 Å². The van der Waals surface area contributed by atoms with E-state index >= 15 is 0 Å². The summed E-state index contributed by atoms with van der Waals surface area (Å²) in [5.41, 5.74) is 0.974. The predicted octanol–water partition coefficient (Wildman–Crippen LogP) is 2.80. The molecule has 2 N–H and O–H groups in total. The smallest absolute Gasteiger partial charge is 0.256 e. The van der Waals surface area contributed by atoms with Crippen molar-refractivity contribution in [1.29, 1.82) is 0 Å². The maximum atomic E-state index is 11.9. The Bertz CT molecular complexity index is 543. The molecule has 0 aliphatic heterocycles. The largest absolute Gasteiger partial charge is 0.508 e. The summed E-state index contributed by atoms with van der Waals surface area (Å²) in [7, 11) is 0. The number of rotatable bonds is 2. The molecule has 2 aromatic rings. The number of hydrogen-bond acceptors (Lipinski definition) is 3. The third kappa shape index (κ3) is 2.82. The van der Waals surface area contributed by atoms with Crippen LogP contribution in [0, 0.1) is 0 Å². The second-order valence-electron chi connectivity index (χ2n) is 3.36. The molecule has 86 valence electrons. The molecule has 0 saturated heterocycles. The molecule has 2 rings (SSSR count). The van der Waals surface area contributed by atoms with E-state index in [4.69, 9.17) is 0 Å². The summed E-state index contributed by atoms with van der Waals surface area (Å²) in [6, 6.07) is 7.99. The van der Waals surface area contributed by atoms with Gasteiger partial charge in [-0.1, -0.05) is 0 Å². The highest BCUT2D eigenvalue weighted by molar-refractivity contribution is 9.10. The zero-order valence-electron chi connectivity index (χ0n) is 8.72. The van der Waals surface area contributed by atoms with Gasteiger partial charge in [0.2, 0.25) is 0 Å². The highest BCUT2D eigenvalue weighted by Crippen LogP contribution is 2.22. The third-order valence-electron chi connectivity index (χ3n) is 2.11. The minimum Gasteiger partial charge on any atom is -0.508 e. The Morgan fingerprint density at radius 2 is 2.18 bits per heavy atom. The van der Waals surface area contributed by atoms with Gasteiger partial charge in [0.15, 0.2) is 0 Å². The maximum Gasteiger partial charge on any atom is 0.256 e. The molecule has 1 amide bonds. The van der Waals surface area contributed by atoms with E-state index in [1.807, 2.05) is 0 Å². The Morgan fingerprint density at radius 3 is 2.88 bits per heavy atom. The Morgan fingerprint density at radius 1 is 1.35 bits per heavy atom. The lowest BCUT2D eigenvalue weighted by Gasteiger charge is -2.06. The van der Waals surface area contributed by atoms with E-state index in [1.165, 1.54) is 12.1 Å². The van der Waals surface area contributed by atoms with E-state index < -0.39 is 0 Å². The van der Waals surface area contributed by atoms with Gasteiger partial charge in [-0.25, -0.2) is 0 Å². The predicted molar refractivity (Wildman–Crippen MR) is 68.0 cm³/mol. The number of phenolic OH excluding ortho intramolecular Hbond substituents is 1. The summed E-state index contributed by atoms with van der Waals surface area (Å²) >= 11 is 3.26. The number of benzene rings is 1. The molecular formula is C12H9BrN2O2. The summed E-state index contributed by atoms with van der Waals surface area (Å²) < 4.78 is 0.622. The second-order valence-corrected chi connectivity index (χ2v) is 4.21. The lowest BCUT2D eigenvalue weighted by Crippen LogP contribution is -2.12. The summed E-state index contributed by atoms with van der Waals surface area (Å²) in [5.74, 6) is -0.259. The van der Waals surface area contributed by atoms with Gasteiger partial charge in [0.1, 0.15) is 5.75 Å². The molecule has 0 spiro atoms. The van der Waals surface area contributed by atoms with Crippen molar-refractivity contribution in [2.24, 2.45) is 0 Å². The fourth-order valence-corrected chi connectivity index (χ4v) is 1.75. The molecule has 0 aliphatic carbocycles. The van der Waals surface area contributed by atoms with E-state index in [0.29, 0.717) is 15.7 Å². The maximum absolute atomic E-state index is 11.9. The van der Waals surface area contributed by atoms with Crippen molar-refractivity contribution in [3.63, 3.8) is 0 Å². The SMILES string of the molecule is O=C(Nc1cccnc1)c1cc(O)ccc1Br. The molecule has 0 saturated carbocycles. The van der Waals surface area contributed by atoms with Crippen LogP contribution in [0.15, 0.2) is 47.2 Å². The van der Waals surface area contributed by atoms with Crippen LogP contribution in [0.3, 0.4) is 0 Å². The van der Waals surface area contributed by atoms with Crippen molar-refractivity contribution < 1.29 is 9.90 Å². The molecule has 17 heavy (non-hydrogen) atoms. The quantitative estimate of drug-likeness (QED) is 0.895. The molecule has 0 aliphatic rings. The topological polar surface area (TPSA) is 62.2 Å². The van der Waals surface area contributed by atoms with Gasteiger partial charge in [0.25, 0.3) is 5.91 Å². The second kappa shape index (κ2) is 4.97. The number of hydrogen-bond donors (Lipinski definition) is 2. The minimum absolute atomic E-state index is 0.0459. The average Bonchev–Trinajstić information content (AvgIpc) is 2.33. The first-order chi connectivity index (χ1) is 8.16. The van der Waals surface area contributed by atoms with Gasteiger partial charge in [-0.3, -0.25) is 9.78 Å². The lowest BCUT2D eigenvalue weighted by atomic mass is 10.2. The number of amides is 1. The van der Waals surface area contributed by atoms with Crippen LogP contribution >= 0.6 is 15.9 Å². The van der Waals surface area contributed by atoms with Crippen molar-refractivity contribution in [3.8, 4) is 5.75 Å². The Balaban J connectivity index is 2.23. The van der Waals surface area contributed by atoms with Gasteiger partial charge >= 0.3 is 0 Å². The fraction of sp³-hybridized carbons (Fsp3) is 0. The highest BCUT2D eigenvalue weighted by atomic mass is 79.9. The molecular weight excluding hydrogens is 284 g/mol. The number of aromatic hydroxyl groups is 1. The van der Waals surface area contributed by atoms with Crippen molar-refractivity contribution in [2.75, 3.05) is 5.32 Å². The number of nitrogens with zero attached hydrogens (tertiary/aromatic N) is 1. The molecule has 0 fully saturated rings. The molecule has 1 aromatic heterocycles. The Kier molecular flexibility index (Phi) is 3.39. The average molecular weight is 293 g/mol. The lowest BCUT2D eigenvalue weighted by molar-refractivity contribution is 0.102. The van der Waals surface area contributed by atoms with Crippen molar-refractivity contribution in [3.05, 3.63) is 52.8 Å². The normalized spacial score (nSPS) is 9.94. The fourth-order valence-electron chi connectivity index (χ4n) is 1.32. The van der Waals surface area contributed by atoms with Gasteiger partial charge in [-0.05, 0) is 46.3 Å². The number of halogens is 1. The zero-order valence-corrected chi connectivity index (χ0v) is 10.3. The van der Waals surface area contributed by atoms with Gasteiger partial charge in [-0.2, -0.15) is 0 Å². The summed E-state index contributed by atoms with van der Waals surface area (Å²) in [6.45, 7) is 0. The number of pyridine rings is 1. The zero-order chi connectivity index (χ0) is 12.3. The number of nitrogens with one attached hydrogen (secondary N) is 1. The number of anilines is 1. The summed E-state index contributed by atoms with van der Waals surface area (Å²) in [5, 5.41) is 12.0. The Hall–Kier alpha value is -1.88. The van der Waals surface area contributed by atoms with Crippen LogP contribution in [0.5, 0.6) is 5.75 Å². The molecule has 5 heteroatoms. The van der Waals surface area contributed by atoms with Gasteiger partial charge in [-0.15, -0.1) is 0 Å². The van der Waals surface area contributed by atoms with E-state index in [2.05, 4.69) is 26.2 Å². The van der Waals surface area contributed by atoms with Crippen molar-refractivity contribution >= 4 is 27.5 Å². The van der Waals surface area contributed by atoms with Crippen molar-refractivity contribution in [1.82, 2.24) is 4.98 Å². The molecule has 1 aromatic carbocycles. The first-order valence-electron chi connectivity index (χ1n) is 4.87. The van der Waals surface area contributed by atoms with Gasteiger partial charge < -0.3 is 10.4 Å². The van der Waals surface area contributed by atoms with Gasteiger partial charge in [0, 0.05) is 10.7 Å². The highest BCUT2D eigenvalue weighted by Gasteiger charge is 2.11. The van der Waals surface area contributed by atoms with Crippen LogP contribution in [0.2, 0.25) is 0 Å². The van der Waals surface area contributed by atoms with Crippen LogP contribution in [-0.4, -0.2) is 16.0 Å². The summed E-state index contributed by atoms with van der Waals surface area (Å²) in [4.78, 5) is 15.8. The first-order valence-corrected chi connectivity index (χ1v) is 5.66. The van der Waals surface area contributed by atoms with Crippen LogP contribution in [0.1, 0.15) is 10.4 Å². The van der Waals surface area contributed by atoms with Crippen LogP contribution < -0.4 is 5.32 Å². The standard InChI is InChI=1S/C12H9BrN2O2/c13-11-4-3-9(16)6-10(11)12(17)15-8-2-1-5-14-7-8/h1-7,16H,(H,15,17). The molecule has 0 unspecified atom stereocenters. The summed E-state index contributed by atoms with van der Waals surface area (Å²) in [6.07, 6.45) is 3.18. The van der Waals surface area contributed by atoms with E-state index in [9.17, 15) is 9.90 Å². The first kappa shape index (κ1) is 11.6.